The van der Waals surface area contributed by atoms with Crippen molar-refractivity contribution in [2.75, 3.05) is 18.5 Å². The summed E-state index contributed by atoms with van der Waals surface area (Å²) in [6, 6.07) is 11.1. The van der Waals surface area contributed by atoms with Gasteiger partial charge in [0.05, 0.1) is 6.61 Å². The average molecular weight is 540 g/mol. The van der Waals surface area contributed by atoms with Gasteiger partial charge in [0.1, 0.15) is 17.7 Å². The van der Waals surface area contributed by atoms with Gasteiger partial charge in [-0.3, -0.25) is 9.59 Å². The number of nitrogens with one attached hydrogen (secondary N) is 2. The summed E-state index contributed by atoms with van der Waals surface area (Å²) in [5, 5.41) is 15.7. The Hall–Kier alpha value is -3.39. The van der Waals surface area contributed by atoms with Crippen molar-refractivity contribution >= 4 is 23.6 Å². The number of unbranched alkanes of at least 4 members (excludes halogenated alkanes) is 2. The van der Waals surface area contributed by atoms with Crippen LogP contribution in [0.25, 0.3) is 0 Å². The first-order valence-corrected chi connectivity index (χ1v) is 13.8. The quantitative estimate of drug-likeness (QED) is 0.311. The summed E-state index contributed by atoms with van der Waals surface area (Å²) in [6.07, 6.45) is 2.46. The number of amides is 3. The largest absolute Gasteiger partial charge is 0.444 e. The molecule has 0 aromatic heterocycles. The summed E-state index contributed by atoms with van der Waals surface area (Å²) >= 11 is 0. The van der Waals surface area contributed by atoms with Gasteiger partial charge in [0, 0.05) is 12.2 Å². The molecule has 8 nitrogen and oxygen atoms in total. The first-order valence-electron chi connectivity index (χ1n) is 13.8. The minimum atomic E-state index is -1.27. The fourth-order valence-corrected chi connectivity index (χ4v) is 4.35. The van der Waals surface area contributed by atoms with Gasteiger partial charge in [-0.1, -0.05) is 69.2 Å². The zero-order chi connectivity index (χ0) is 29.2. The van der Waals surface area contributed by atoms with Gasteiger partial charge in [0.25, 0.3) is 5.91 Å². The van der Waals surface area contributed by atoms with Crippen molar-refractivity contribution in [3.05, 3.63) is 64.7 Å². The summed E-state index contributed by atoms with van der Waals surface area (Å²) in [7, 11) is 0. The monoisotopic (exact) mass is 539 g/mol. The van der Waals surface area contributed by atoms with Crippen molar-refractivity contribution in [3.8, 4) is 0 Å². The molecule has 0 aliphatic carbocycles. The smallest absolute Gasteiger partial charge is 0.408 e. The molecule has 0 radical (unpaired) electrons. The molecule has 8 heteroatoms. The van der Waals surface area contributed by atoms with Crippen molar-refractivity contribution in [3.63, 3.8) is 0 Å². The number of carbonyl (C=O) groups is 3. The molecule has 2 aromatic carbocycles. The Morgan fingerprint density at radius 1 is 0.974 bits per heavy atom. The van der Waals surface area contributed by atoms with E-state index in [9.17, 15) is 19.5 Å². The van der Waals surface area contributed by atoms with Gasteiger partial charge in [-0.05, 0) is 69.7 Å². The van der Waals surface area contributed by atoms with Crippen LogP contribution in [0.4, 0.5) is 10.5 Å². The van der Waals surface area contributed by atoms with Crippen LogP contribution < -0.4 is 10.6 Å². The molecule has 0 aliphatic rings. The van der Waals surface area contributed by atoms with E-state index in [1.807, 2.05) is 56.3 Å². The minimum Gasteiger partial charge on any atom is -0.444 e. The highest BCUT2D eigenvalue weighted by atomic mass is 16.6. The summed E-state index contributed by atoms with van der Waals surface area (Å²) in [5.41, 5.74) is 3.50. The van der Waals surface area contributed by atoms with Crippen molar-refractivity contribution in [1.29, 1.82) is 0 Å². The third-order valence-corrected chi connectivity index (χ3v) is 6.45. The van der Waals surface area contributed by atoms with Crippen LogP contribution >= 0.6 is 0 Å². The van der Waals surface area contributed by atoms with E-state index in [0.29, 0.717) is 17.7 Å². The third kappa shape index (κ3) is 9.39. The number of carbonyl (C=O) groups excluding carboxylic acids is 3. The Balaban J connectivity index is 2.53. The molecule has 0 spiro atoms. The average Bonchev–Trinajstić information content (AvgIpc) is 2.87. The molecule has 0 saturated heterocycles. The van der Waals surface area contributed by atoms with Crippen LogP contribution in [0.5, 0.6) is 0 Å². The van der Waals surface area contributed by atoms with Gasteiger partial charge in [0.15, 0.2) is 0 Å². The number of aliphatic hydroxyl groups excluding tert-OH is 1. The Morgan fingerprint density at radius 3 is 2.10 bits per heavy atom. The van der Waals surface area contributed by atoms with E-state index in [4.69, 9.17) is 4.74 Å². The molecule has 3 N–H and O–H groups in total. The lowest BCUT2D eigenvalue weighted by molar-refractivity contribution is -0.141. The summed E-state index contributed by atoms with van der Waals surface area (Å²) < 4.78 is 5.31. The Bertz CT molecular complexity index is 1090. The van der Waals surface area contributed by atoms with Gasteiger partial charge >= 0.3 is 6.09 Å². The topological polar surface area (TPSA) is 108 Å². The van der Waals surface area contributed by atoms with E-state index in [1.165, 1.54) is 4.90 Å². The number of alkyl carbamates (subject to hydrolysis) is 1. The molecule has 0 bridgehead atoms. The zero-order valence-electron chi connectivity index (χ0n) is 24.5. The van der Waals surface area contributed by atoms with Crippen LogP contribution in [-0.4, -0.2) is 52.7 Å². The highest BCUT2D eigenvalue weighted by Gasteiger charge is 2.36. The maximum absolute atomic E-state index is 14.0. The molecule has 39 heavy (non-hydrogen) atoms. The second-order valence-corrected chi connectivity index (χ2v) is 10.9. The number of benzene rings is 2. The maximum Gasteiger partial charge on any atom is 0.408 e. The predicted octanol–water partition coefficient (Wildman–Crippen LogP) is 5.45. The number of nitrogens with zero attached hydrogens (tertiary/aromatic N) is 1. The first kappa shape index (κ1) is 31.8. The standard InChI is InChI=1S/C31H45N3O5/c1-8-10-11-19-34(29(37)25(20-35)32-30(38)39-31(5,6)7)27(24-17-15-23(9-2)16-18-24)28(36)33-26-21(3)13-12-14-22(26)4/h12-18,25,27,35H,8-11,19-20H2,1-7H3,(H,32,38)(H,33,36). The van der Waals surface area contributed by atoms with E-state index in [1.54, 1.807) is 20.8 Å². The Morgan fingerprint density at radius 2 is 1.59 bits per heavy atom. The van der Waals surface area contributed by atoms with Gasteiger partial charge < -0.3 is 25.4 Å². The van der Waals surface area contributed by atoms with Gasteiger partial charge in [-0.25, -0.2) is 4.79 Å². The van der Waals surface area contributed by atoms with E-state index < -0.39 is 36.3 Å². The molecular formula is C31H45N3O5. The summed E-state index contributed by atoms with van der Waals surface area (Å²) in [4.78, 5) is 41.9. The lowest BCUT2D eigenvalue weighted by atomic mass is 9.99. The molecular weight excluding hydrogens is 494 g/mol. The van der Waals surface area contributed by atoms with Crippen molar-refractivity contribution in [2.24, 2.45) is 0 Å². The Kier molecular flexibility index (Phi) is 12.0. The molecule has 0 heterocycles. The second-order valence-electron chi connectivity index (χ2n) is 10.9. The number of hydrogen-bond acceptors (Lipinski definition) is 5. The number of para-hydroxylation sites is 1. The summed E-state index contributed by atoms with van der Waals surface area (Å²) in [6.45, 7) is 12.7. The second kappa shape index (κ2) is 14.7. The molecule has 0 saturated carbocycles. The van der Waals surface area contributed by atoms with Crippen LogP contribution in [0.2, 0.25) is 0 Å². The number of anilines is 1. The third-order valence-electron chi connectivity index (χ3n) is 6.45. The molecule has 0 fully saturated rings. The number of aryl methyl sites for hydroxylation is 3. The molecule has 2 atom stereocenters. The molecule has 214 valence electrons. The lowest BCUT2D eigenvalue weighted by Crippen LogP contribution is -2.54. The van der Waals surface area contributed by atoms with E-state index in [0.717, 1.165) is 36.0 Å². The number of rotatable bonds is 12. The van der Waals surface area contributed by atoms with E-state index >= 15 is 0 Å². The molecule has 0 aliphatic heterocycles. The lowest BCUT2D eigenvalue weighted by Gasteiger charge is -2.34. The minimum absolute atomic E-state index is 0.277. The molecule has 2 rings (SSSR count). The van der Waals surface area contributed by atoms with Crippen LogP contribution in [0, 0.1) is 13.8 Å². The normalized spacial score (nSPS) is 12.8. The van der Waals surface area contributed by atoms with Crippen LogP contribution in [-0.2, 0) is 20.7 Å². The maximum atomic E-state index is 14.0. The van der Waals surface area contributed by atoms with Crippen molar-refractivity contribution in [1.82, 2.24) is 10.2 Å². The molecule has 2 unspecified atom stereocenters. The number of hydrogen-bond donors (Lipinski definition) is 3. The highest BCUT2D eigenvalue weighted by Crippen LogP contribution is 2.28. The number of aliphatic hydroxyl groups is 1. The molecule has 3 amide bonds. The van der Waals surface area contributed by atoms with Crippen LogP contribution in [0.1, 0.15) is 82.2 Å². The predicted molar refractivity (Wildman–Crippen MR) is 155 cm³/mol. The van der Waals surface area contributed by atoms with E-state index in [-0.39, 0.29) is 12.5 Å². The van der Waals surface area contributed by atoms with Crippen LogP contribution in [0.15, 0.2) is 42.5 Å². The van der Waals surface area contributed by atoms with Crippen molar-refractivity contribution in [2.45, 2.75) is 91.8 Å². The highest BCUT2D eigenvalue weighted by molar-refractivity contribution is 5.99. The summed E-state index contributed by atoms with van der Waals surface area (Å²) in [5.74, 6) is -0.920. The fraction of sp³-hybridized carbons (Fsp3) is 0.516. The van der Waals surface area contributed by atoms with Gasteiger partial charge in [-0.15, -0.1) is 0 Å². The fourth-order valence-electron chi connectivity index (χ4n) is 4.35. The van der Waals surface area contributed by atoms with Gasteiger partial charge in [0.2, 0.25) is 5.91 Å². The van der Waals surface area contributed by atoms with Crippen LogP contribution in [0.3, 0.4) is 0 Å². The zero-order valence-corrected chi connectivity index (χ0v) is 24.5. The molecule has 2 aromatic rings. The van der Waals surface area contributed by atoms with E-state index in [2.05, 4.69) is 24.5 Å². The van der Waals surface area contributed by atoms with Crippen molar-refractivity contribution < 1.29 is 24.2 Å². The van der Waals surface area contributed by atoms with Gasteiger partial charge in [-0.2, -0.15) is 0 Å². The Labute approximate surface area is 233 Å². The number of ether oxygens (including phenoxy) is 1. The first-order chi connectivity index (χ1) is 18.4. The SMILES string of the molecule is CCCCCN(C(=O)C(CO)NC(=O)OC(C)(C)C)C(C(=O)Nc1c(C)cccc1C)c1ccc(CC)cc1.